The number of nitrogens with zero attached hydrogens (tertiary/aromatic N) is 3. The third-order valence-electron chi connectivity index (χ3n) is 4.86. The largest absolute Gasteiger partial charge is 0.338 e. The Morgan fingerprint density at radius 1 is 1.19 bits per heavy atom. The number of aromatic nitrogens is 1. The third kappa shape index (κ3) is 3.58. The average molecular weight is 361 g/mol. The van der Waals surface area contributed by atoms with Gasteiger partial charge in [-0.1, -0.05) is 24.3 Å². The van der Waals surface area contributed by atoms with Crippen molar-refractivity contribution in [1.29, 1.82) is 0 Å². The number of benzene rings is 2. The number of carbonyl (C=O) groups is 1. The number of carbonyl (C=O) groups excluding carboxylic acids is 1. The lowest BCUT2D eigenvalue weighted by atomic mass is 9.99. The molecule has 0 saturated carbocycles. The van der Waals surface area contributed by atoms with Crippen LogP contribution in [0.4, 0.5) is 4.39 Å². The first-order valence-electron chi connectivity index (χ1n) is 9.03. The highest BCUT2D eigenvalue weighted by atomic mass is 19.1. The van der Waals surface area contributed by atoms with Crippen LogP contribution in [0, 0.1) is 5.82 Å². The second kappa shape index (κ2) is 7.27. The molecule has 1 saturated heterocycles. The van der Waals surface area contributed by atoms with Crippen LogP contribution in [0.25, 0.3) is 22.0 Å². The lowest BCUT2D eigenvalue weighted by Crippen LogP contribution is -2.23. The fourth-order valence-corrected chi connectivity index (χ4v) is 3.55. The molecule has 4 rings (SSSR count). The van der Waals surface area contributed by atoms with Gasteiger partial charge < -0.3 is 4.90 Å². The summed E-state index contributed by atoms with van der Waals surface area (Å²) in [6.45, 7) is 1.42. The number of rotatable bonds is 4. The van der Waals surface area contributed by atoms with Gasteiger partial charge in [-0.2, -0.15) is 0 Å². The summed E-state index contributed by atoms with van der Waals surface area (Å²) in [5.74, 6) is -0.0491. The second-order valence-corrected chi connectivity index (χ2v) is 6.76. The highest BCUT2D eigenvalue weighted by Gasteiger charge is 2.20. The van der Waals surface area contributed by atoms with Crippen molar-refractivity contribution in [3.05, 3.63) is 65.6 Å². The van der Waals surface area contributed by atoms with E-state index in [9.17, 15) is 9.18 Å². The summed E-state index contributed by atoms with van der Waals surface area (Å²) in [7, 11) is 1.71. The van der Waals surface area contributed by atoms with Crippen molar-refractivity contribution in [2.45, 2.75) is 19.4 Å². The lowest BCUT2D eigenvalue weighted by Gasteiger charge is -2.16. The number of amides is 1. The van der Waals surface area contributed by atoms with E-state index in [0.29, 0.717) is 13.0 Å². The molecule has 2 aromatic carbocycles. The van der Waals surface area contributed by atoms with Crippen LogP contribution in [-0.2, 0) is 11.3 Å². The van der Waals surface area contributed by atoms with Gasteiger partial charge in [-0.25, -0.2) is 9.37 Å². The van der Waals surface area contributed by atoms with Gasteiger partial charge in [-0.05, 0) is 47.4 Å². The predicted octanol–water partition coefficient (Wildman–Crippen LogP) is 4.21. The Hall–Kier alpha value is -3.08. The van der Waals surface area contributed by atoms with Crippen molar-refractivity contribution < 1.29 is 9.18 Å². The van der Waals surface area contributed by atoms with E-state index >= 15 is 0 Å². The summed E-state index contributed by atoms with van der Waals surface area (Å²) < 4.78 is 13.3. The van der Waals surface area contributed by atoms with Gasteiger partial charge in [0.05, 0.1) is 11.2 Å². The summed E-state index contributed by atoms with van der Waals surface area (Å²) in [5, 5.41) is 0.992. The van der Waals surface area contributed by atoms with Gasteiger partial charge in [0.2, 0.25) is 5.91 Å². The molecular weight excluding hydrogens is 341 g/mol. The van der Waals surface area contributed by atoms with Gasteiger partial charge >= 0.3 is 0 Å². The molecule has 5 heteroatoms. The van der Waals surface area contributed by atoms with Crippen molar-refractivity contribution in [2.24, 2.45) is 4.99 Å². The van der Waals surface area contributed by atoms with Gasteiger partial charge in [-0.3, -0.25) is 9.79 Å². The van der Waals surface area contributed by atoms with Gasteiger partial charge in [-0.15, -0.1) is 0 Å². The molecule has 136 valence electrons. The van der Waals surface area contributed by atoms with E-state index in [1.807, 2.05) is 29.2 Å². The fourth-order valence-electron chi connectivity index (χ4n) is 3.55. The van der Waals surface area contributed by atoms with Crippen LogP contribution in [0.3, 0.4) is 0 Å². The Morgan fingerprint density at radius 3 is 2.70 bits per heavy atom. The number of halogens is 1. The van der Waals surface area contributed by atoms with Crippen LogP contribution in [-0.4, -0.2) is 35.6 Å². The topological polar surface area (TPSA) is 45.6 Å². The van der Waals surface area contributed by atoms with Crippen molar-refractivity contribution >= 4 is 23.0 Å². The average Bonchev–Trinajstić information content (AvgIpc) is 3.06. The fraction of sp³-hybridized carbons (Fsp3) is 0.227. The maximum absolute atomic E-state index is 13.3. The number of hydrogen-bond acceptors (Lipinski definition) is 3. The first-order valence-corrected chi connectivity index (χ1v) is 9.03. The maximum Gasteiger partial charge on any atom is 0.222 e. The summed E-state index contributed by atoms with van der Waals surface area (Å²) in [5.41, 5.74) is 4.56. The molecule has 0 atom stereocenters. The van der Waals surface area contributed by atoms with Crippen molar-refractivity contribution in [2.75, 3.05) is 13.6 Å². The molecule has 2 heterocycles. The van der Waals surface area contributed by atoms with Crippen LogP contribution in [0.2, 0.25) is 0 Å². The van der Waals surface area contributed by atoms with E-state index in [-0.39, 0.29) is 11.7 Å². The summed E-state index contributed by atoms with van der Waals surface area (Å²) in [6, 6.07) is 14.5. The summed E-state index contributed by atoms with van der Waals surface area (Å²) >= 11 is 0. The standard InChI is InChI=1S/C22H20FN3O/c1-24-13-18-12-20(16-5-7-17(23)8-6-16)19-9-4-15(11-21(19)25-18)14-26-10-2-3-22(26)27/h4-9,11-13H,2-3,10,14H2,1H3/b24-13+. The van der Waals surface area contributed by atoms with E-state index in [4.69, 9.17) is 4.98 Å². The van der Waals surface area contributed by atoms with E-state index in [2.05, 4.69) is 4.99 Å². The zero-order valence-corrected chi connectivity index (χ0v) is 15.2. The molecule has 4 nitrogen and oxygen atoms in total. The molecule has 0 aliphatic carbocycles. The highest BCUT2D eigenvalue weighted by molar-refractivity contribution is 5.97. The van der Waals surface area contributed by atoms with Gasteiger partial charge in [0.25, 0.3) is 0 Å². The van der Waals surface area contributed by atoms with E-state index in [0.717, 1.165) is 46.3 Å². The molecule has 1 amide bonds. The molecule has 1 aromatic heterocycles. The SMILES string of the molecule is C/N=C/c1cc(-c2ccc(F)cc2)c2ccc(CN3CCCC3=O)cc2n1. The number of likely N-dealkylation sites (tertiary alicyclic amines) is 1. The molecule has 0 N–H and O–H groups in total. The zero-order chi connectivity index (χ0) is 18.8. The molecule has 1 aliphatic rings. The minimum atomic E-state index is -0.259. The predicted molar refractivity (Wildman–Crippen MR) is 105 cm³/mol. The van der Waals surface area contributed by atoms with E-state index in [1.54, 1.807) is 25.4 Å². The Morgan fingerprint density at radius 2 is 2.00 bits per heavy atom. The minimum Gasteiger partial charge on any atom is -0.338 e. The van der Waals surface area contributed by atoms with Gasteiger partial charge in [0.1, 0.15) is 5.82 Å². The van der Waals surface area contributed by atoms with Crippen molar-refractivity contribution in [3.63, 3.8) is 0 Å². The van der Waals surface area contributed by atoms with Crippen LogP contribution >= 0.6 is 0 Å². The molecule has 1 aliphatic heterocycles. The van der Waals surface area contributed by atoms with Crippen LogP contribution in [0.15, 0.2) is 53.5 Å². The van der Waals surface area contributed by atoms with Crippen LogP contribution < -0.4 is 0 Å². The Balaban J connectivity index is 1.80. The maximum atomic E-state index is 13.3. The molecular formula is C22H20FN3O. The Kier molecular flexibility index (Phi) is 4.67. The number of fused-ring (bicyclic) bond motifs is 1. The monoisotopic (exact) mass is 361 g/mol. The molecule has 0 bridgehead atoms. The number of pyridine rings is 1. The van der Waals surface area contributed by atoms with Crippen LogP contribution in [0.5, 0.6) is 0 Å². The smallest absolute Gasteiger partial charge is 0.222 e. The Bertz CT molecular complexity index is 1030. The third-order valence-corrected chi connectivity index (χ3v) is 4.86. The van der Waals surface area contributed by atoms with Crippen molar-refractivity contribution in [3.8, 4) is 11.1 Å². The zero-order valence-electron chi connectivity index (χ0n) is 15.2. The van der Waals surface area contributed by atoms with Gasteiger partial charge in [0, 0.05) is 38.2 Å². The molecule has 27 heavy (non-hydrogen) atoms. The number of aliphatic imine (C=N–C) groups is 1. The van der Waals surface area contributed by atoms with Crippen LogP contribution in [0.1, 0.15) is 24.1 Å². The lowest BCUT2D eigenvalue weighted by molar-refractivity contribution is -0.128. The highest BCUT2D eigenvalue weighted by Crippen LogP contribution is 2.30. The first kappa shape index (κ1) is 17.3. The second-order valence-electron chi connectivity index (χ2n) is 6.76. The van der Waals surface area contributed by atoms with Crippen molar-refractivity contribution in [1.82, 2.24) is 9.88 Å². The molecule has 0 spiro atoms. The van der Waals surface area contributed by atoms with E-state index in [1.165, 1.54) is 12.1 Å². The molecule has 0 unspecified atom stereocenters. The normalized spacial score (nSPS) is 14.6. The molecule has 3 aromatic rings. The summed E-state index contributed by atoms with van der Waals surface area (Å²) in [4.78, 5) is 22.6. The van der Waals surface area contributed by atoms with Gasteiger partial charge in [0.15, 0.2) is 0 Å². The first-order chi connectivity index (χ1) is 13.1. The molecule has 1 fully saturated rings. The number of hydrogen-bond donors (Lipinski definition) is 0. The Labute approximate surface area is 157 Å². The van der Waals surface area contributed by atoms with E-state index < -0.39 is 0 Å². The summed E-state index contributed by atoms with van der Waals surface area (Å²) in [6.07, 6.45) is 3.28. The molecule has 0 radical (unpaired) electrons. The minimum absolute atomic E-state index is 0.210. The quantitative estimate of drug-likeness (QED) is 0.654.